The first kappa shape index (κ1) is 17.2. The van der Waals surface area contributed by atoms with Crippen LogP contribution in [0.2, 0.25) is 0 Å². The number of carbonyl (C=O) groups is 1. The summed E-state index contributed by atoms with van der Waals surface area (Å²) in [5.74, 6) is 1.89. The molecule has 2 aromatic rings. The number of ether oxygens (including phenoxy) is 1. The number of aromatic nitrogens is 2. The first-order valence-electron chi connectivity index (χ1n) is 8.73. The third kappa shape index (κ3) is 4.92. The minimum atomic E-state index is 0.0615. The zero-order valence-corrected chi connectivity index (χ0v) is 14.5. The molecule has 1 saturated heterocycles. The lowest BCUT2D eigenvalue weighted by Crippen LogP contribution is -2.41. The Bertz CT molecular complexity index is 668. The van der Waals surface area contributed by atoms with Crippen LogP contribution in [0.25, 0.3) is 0 Å². The second-order valence-electron chi connectivity index (χ2n) is 6.25. The molecule has 2 heterocycles. The van der Waals surface area contributed by atoms with Gasteiger partial charge in [0.1, 0.15) is 12.4 Å². The molecule has 0 unspecified atom stereocenters. The smallest absolute Gasteiger partial charge is 0.223 e. The number of anilines is 1. The molecule has 1 aliphatic rings. The van der Waals surface area contributed by atoms with Crippen molar-refractivity contribution in [3.8, 4) is 5.75 Å². The predicted octanol–water partition coefficient (Wildman–Crippen LogP) is 2.20. The van der Waals surface area contributed by atoms with Crippen molar-refractivity contribution in [3.63, 3.8) is 0 Å². The third-order valence-corrected chi connectivity index (χ3v) is 4.39. The molecule has 132 valence electrons. The van der Waals surface area contributed by atoms with Crippen LogP contribution in [0.15, 0.2) is 42.5 Å². The van der Waals surface area contributed by atoms with E-state index < -0.39 is 0 Å². The van der Waals surface area contributed by atoms with E-state index in [1.807, 2.05) is 49.4 Å². The van der Waals surface area contributed by atoms with Gasteiger partial charge in [0, 0.05) is 19.0 Å². The number of hydrogen-bond donors (Lipinski definition) is 1. The molecule has 1 N–H and O–H groups in total. The standard InChI is InChI=1S/C19H24N4O2/c1-15-7-8-18(22-21-15)23-12-9-16(10-13-23)19(24)20-11-14-25-17-5-3-2-4-6-17/h2-8,16H,9-14H2,1H3,(H,20,24). The molecule has 1 aliphatic heterocycles. The molecule has 1 aromatic carbocycles. The minimum Gasteiger partial charge on any atom is -0.492 e. The van der Waals surface area contributed by atoms with Crippen LogP contribution >= 0.6 is 0 Å². The number of hydrogen-bond acceptors (Lipinski definition) is 5. The van der Waals surface area contributed by atoms with E-state index in [1.54, 1.807) is 0 Å². The van der Waals surface area contributed by atoms with Crippen LogP contribution in [0.5, 0.6) is 5.75 Å². The van der Waals surface area contributed by atoms with E-state index in [4.69, 9.17) is 4.74 Å². The van der Waals surface area contributed by atoms with Crippen LogP contribution in [0.3, 0.4) is 0 Å². The highest BCUT2D eigenvalue weighted by Gasteiger charge is 2.25. The lowest BCUT2D eigenvalue weighted by Gasteiger charge is -2.31. The maximum Gasteiger partial charge on any atom is 0.223 e. The molecule has 1 aromatic heterocycles. The quantitative estimate of drug-likeness (QED) is 0.817. The van der Waals surface area contributed by atoms with Crippen molar-refractivity contribution < 1.29 is 9.53 Å². The first-order valence-corrected chi connectivity index (χ1v) is 8.73. The fraction of sp³-hybridized carbons (Fsp3) is 0.421. The zero-order valence-electron chi connectivity index (χ0n) is 14.5. The summed E-state index contributed by atoms with van der Waals surface area (Å²) >= 11 is 0. The molecule has 6 heteroatoms. The first-order chi connectivity index (χ1) is 12.2. The maximum absolute atomic E-state index is 12.3. The molecule has 1 amide bonds. The minimum absolute atomic E-state index is 0.0615. The number of benzene rings is 1. The number of carbonyl (C=O) groups excluding carboxylic acids is 1. The maximum atomic E-state index is 12.3. The number of aryl methyl sites for hydroxylation is 1. The predicted molar refractivity (Wildman–Crippen MR) is 96.7 cm³/mol. The van der Waals surface area contributed by atoms with E-state index in [1.165, 1.54) is 0 Å². The third-order valence-electron chi connectivity index (χ3n) is 4.39. The Hall–Kier alpha value is -2.63. The van der Waals surface area contributed by atoms with Crippen molar-refractivity contribution in [2.75, 3.05) is 31.1 Å². The van der Waals surface area contributed by atoms with Crippen LogP contribution in [-0.2, 0) is 4.79 Å². The van der Waals surface area contributed by atoms with Crippen LogP contribution in [0.1, 0.15) is 18.5 Å². The molecule has 0 spiro atoms. The summed E-state index contributed by atoms with van der Waals surface area (Å²) < 4.78 is 5.59. The Morgan fingerprint density at radius 1 is 1.16 bits per heavy atom. The van der Waals surface area contributed by atoms with Crippen molar-refractivity contribution >= 4 is 11.7 Å². The van der Waals surface area contributed by atoms with Gasteiger partial charge in [-0.25, -0.2) is 0 Å². The summed E-state index contributed by atoms with van der Waals surface area (Å²) in [6.45, 7) is 4.59. The summed E-state index contributed by atoms with van der Waals surface area (Å²) in [5, 5.41) is 11.3. The summed E-state index contributed by atoms with van der Waals surface area (Å²) in [5.41, 5.74) is 0.913. The monoisotopic (exact) mass is 340 g/mol. The fourth-order valence-corrected chi connectivity index (χ4v) is 2.94. The van der Waals surface area contributed by atoms with Crippen LogP contribution < -0.4 is 15.0 Å². The number of amides is 1. The van der Waals surface area contributed by atoms with Gasteiger partial charge < -0.3 is 15.0 Å². The Labute approximate surface area is 148 Å². The number of piperidine rings is 1. The normalized spacial score (nSPS) is 15.0. The molecular formula is C19H24N4O2. The summed E-state index contributed by atoms with van der Waals surface area (Å²) in [7, 11) is 0. The van der Waals surface area contributed by atoms with Gasteiger partial charge in [0.25, 0.3) is 0 Å². The molecule has 6 nitrogen and oxygen atoms in total. The van der Waals surface area contributed by atoms with E-state index in [9.17, 15) is 4.79 Å². The van der Waals surface area contributed by atoms with Crippen molar-refractivity contribution in [2.45, 2.75) is 19.8 Å². The fourth-order valence-electron chi connectivity index (χ4n) is 2.94. The van der Waals surface area contributed by atoms with Gasteiger partial charge in [-0.05, 0) is 44.0 Å². The Balaban J connectivity index is 1.37. The van der Waals surface area contributed by atoms with Gasteiger partial charge in [0.05, 0.1) is 12.2 Å². The van der Waals surface area contributed by atoms with Gasteiger partial charge in [0.15, 0.2) is 5.82 Å². The second kappa shape index (κ2) is 8.46. The number of rotatable bonds is 6. The van der Waals surface area contributed by atoms with Crippen LogP contribution in [0.4, 0.5) is 5.82 Å². The highest BCUT2D eigenvalue weighted by Crippen LogP contribution is 2.21. The molecular weight excluding hydrogens is 316 g/mol. The highest BCUT2D eigenvalue weighted by atomic mass is 16.5. The van der Waals surface area contributed by atoms with E-state index in [0.717, 1.165) is 43.2 Å². The van der Waals surface area contributed by atoms with Crippen molar-refractivity contribution in [3.05, 3.63) is 48.2 Å². The van der Waals surface area contributed by atoms with Gasteiger partial charge in [-0.1, -0.05) is 18.2 Å². The van der Waals surface area contributed by atoms with E-state index in [-0.39, 0.29) is 11.8 Å². The van der Waals surface area contributed by atoms with Gasteiger partial charge in [-0.3, -0.25) is 4.79 Å². The second-order valence-corrected chi connectivity index (χ2v) is 6.25. The molecule has 0 aliphatic carbocycles. The van der Waals surface area contributed by atoms with Crippen LogP contribution in [0, 0.1) is 12.8 Å². The topological polar surface area (TPSA) is 67.4 Å². The average Bonchev–Trinajstić information content (AvgIpc) is 2.67. The molecule has 0 atom stereocenters. The number of para-hydroxylation sites is 1. The molecule has 25 heavy (non-hydrogen) atoms. The van der Waals surface area contributed by atoms with Crippen molar-refractivity contribution in [2.24, 2.45) is 5.92 Å². The zero-order chi connectivity index (χ0) is 17.5. The molecule has 3 rings (SSSR count). The van der Waals surface area contributed by atoms with E-state index in [2.05, 4.69) is 20.4 Å². The van der Waals surface area contributed by atoms with Crippen LogP contribution in [-0.4, -0.2) is 42.3 Å². The molecule has 0 radical (unpaired) electrons. The number of nitrogens with one attached hydrogen (secondary N) is 1. The van der Waals surface area contributed by atoms with Crippen molar-refractivity contribution in [1.82, 2.24) is 15.5 Å². The molecule has 0 saturated carbocycles. The average molecular weight is 340 g/mol. The summed E-state index contributed by atoms with van der Waals surface area (Å²) in [4.78, 5) is 14.5. The molecule has 0 bridgehead atoms. The highest BCUT2D eigenvalue weighted by molar-refractivity contribution is 5.78. The Morgan fingerprint density at radius 2 is 1.92 bits per heavy atom. The van der Waals surface area contributed by atoms with Gasteiger partial charge in [-0.2, -0.15) is 5.10 Å². The van der Waals surface area contributed by atoms with Gasteiger partial charge in [0.2, 0.25) is 5.91 Å². The van der Waals surface area contributed by atoms with Gasteiger partial charge >= 0.3 is 0 Å². The Morgan fingerprint density at radius 3 is 2.60 bits per heavy atom. The molecule has 1 fully saturated rings. The largest absolute Gasteiger partial charge is 0.492 e. The summed E-state index contributed by atoms with van der Waals surface area (Å²) in [6.07, 6.45) is 1.67. The summed E-state index contributed by atoms with van der Waals surface area (Å²) in [6, 6.07) is 13.6. The van der Waals surface area contributed by atoms with Crippen molar-refractivity contribution in [1.29, 1.82) is 0 Å². The number of nitrogens with zero attached hydrogens (tertiary/aromatic N) is 3. The van der Waals surface area contributed by atoms with E-state index >= 15 is 0 Å². The van der Waals surface area contributed by atoms with E-state index in [0.29, 0.717) is 13.2 Å². The lowest BCUT2D eigenvalue weighted by molar-refractivity contribution is -0.125. The Kier molecular flexibility index (Phi) is 5.82. The van der Waals surface area contributed by atoms with Gasteiger partial charge in [-0.15, -0.1) is 5.10 Å². The SMILES string of the molecule is Cc1ccc(N2CCC(C(=O)NCCOc3ccccc3)CC2)nn1. The lowest BCUT2D eigenvalue weighted by atomic mass is 9.96.